The maximum atomic E-state index is 9.01. The van der Waals surface area contributed by atoms with Crippen molar-refractivity contribution in [2.75, 3.05) is 6.61 Å². The average molecular weight is 262 g/mol. The van der Waals surface area contributed by atoms with Crippen LogP contribution in [0, 0.1) is 0 Å². The van der Waals surface area contributed by atoms with Crippen molar-refractivity contribution in [1.29, 1.82) is 0 Å². The average Bonchev–Trinajstić information content (AvgIpc) is 2.86. The maximum absolute atomic E-state index is 9.01. The Morgan fingerprint density at radius 2 is 1.89 bits per heavy atom. The highest BCUT2D eigenvalue weighted by Crippen LogP contribution is 2.22. The summed E-state index contributed by atoms with van der Waals surface area (Å²) in [5.74, 6) is 0.873. The Morgan fingerprint density at radius 1 is 1.11 bits per heavy atom. The van der Waals surface area contributed by atoms with Crippen molar-refractivity contribution in [3.63, 3.8) is 0 Å². The van der Waals surface area contributed by atoms with Crippen molar-refractivity contribution in [3.8, 4) is 5.75 Å². The minimum Gasteiger partial charge on any atom is -0.488 e. The molecule has 0 saturated carbocycles. The first-order chi connectivity index (χ1) is 8.83. The smallest absolute Gasteiger partial charge is 0.123 e. The molecule has 2 nitrogen and oxygen atoms in total. The highest BCUT2D eigenvalue weighted by Gasteiger charge is 2.04. The number of benzene rings is 1. The van der Waals surface area contributed by atoms with Crippen LogP contribution in [0.2, 0.25) is 0 Å². The second-order valence-corrected chi connectivity index (χ2v) is 5.34. The van der Waals surface area contributed by atoms with Crippen molar-refractivity contribution >= 4 is 11.3 Å². The van der Waals surface area contributed by atoms with Crippen LogP contribution in [0.4, 0.5) is 0 Å². The van der Waals surface area contributed by atoms with Gasteiger partial charge < -0.3 is 9.84 Å². The van der Waals surface area contributed by atoms with E-state index in [4.69, 9.17) is 9.84 Å². The zero-order valence-electron chi connectivity index (χ0n) is 10.6. The summed E-state index contributed by atoms with van der Waals surface area (Å²) in [6, 6.07) is 12.2. The lowest BCUT2D eigenvalue weighted by Gasteiger charge is -2.09. The molecule has 0 aliphatic rings. The predicted molar refractivity (Wildman–Crippen MR) is 75.3 cm³/mol. The normalized spacial score (nSPS) is 10.6. The Balaban J connectivity index is 2.01. The van der Waals surface area contributed by atoms with Crippen LogP contribution in [0.5, 0.6) is 5.75 Å². The van der Waals surface area contributed by atoms with E-state index < -0.39 is 0 Å². The molecule has 18 heavy (non-hydrogen) atoms. The summed E-state index contributed by atoms with van der Waals surface area (Å²) < 4.78 is 5.83. The third-order valence-electron chi connectivity index (χ3n) is 2.79. The molecule has 2 rings (SSSR count). The van der Waals surface area contributed by atoms with Crippen molar-refractivity contribution < 1.29 is 9.84 Å². The largest absolute Gasteiger partial charge is 0.488 e. The number of para-hydroxylation sites is 1. The molecule has 2 aromatic rings. The lowest BCUT2D eigenvalue weighted by molar-refractivity contribution is 0.285. The number of aliphatic hydroxyl groups excluding tert-OH is 1. The van der Waals surface area contributed by atoms with Gasteiger partial charge in [-0.05, 0) is 36.6 Å². The second kappa shape index (κ2) is 6.57. The molecular formula is C15H18O2S. The summed E-state index contributed by atoms with van der Waals surface area (Å²) in [6.45, 7) is 2.92. The number of hydrogen-bond acceptors (Lipinski definition) is 3. The first kappa shape index (κ1) is 13.1. The van der Waals surface area contributed by atoms with Gasteiger partial charge in [0.1, 0.15) is 12.4 Å². The van der Waals surface area contributed by atoms with Gasteiger partial charge in [0, 0.05) is 16.4 Å². The molecule has 0 saturated heterocycles. The van der Waals surface area contributed by atoms with E-state index in [9.17, 15) is 0 Å². The van der Waals surface area contributed by atoms with Crippen molar-refractivity contribution in [2.24, 2.45) is 0 Å². The Labute approximate surface area is 112 Å². The van der Waals surface area contributed by atoms with Gasteiger partial charge in [-0.1, -0.05) is 25.1 Å². The topological polar surface area (TPSA) is 29.5 Å². The standard InChI is InChI=1S/C15H18O2S/c1-2-13-7-8-14(18-13)11-17-15-6-4-3-5-12(15)9-10-16/h3-8,16H,2,9-11H2,1H3. The molecule has 0 unspecified atom stereocenters. The van der Waals surface area contributed by atoms with E-state index in [0.29, 0.717) is 13.0 Å². The number of ether oxygens (including phenoxy) is 1. The number of thiophene rings is 1. The molecule has 3 heteroatoms. The quantitative estimate of drug-likeness (QED) is 0.864. The monoisotopic (exact) mass is 262 g/mol. The van der Waals surface area contributed by atoms with Crippen LogP contribution in [0.1, 0.15) is 22.2 Å². The first-order valence-electron chi connectivity index (χ1n) is 6.22. The van der Waals surface area contributed by atoms with Gasteiger partial charge in [-0.2, -0.15) is 0 Å². The maximum Gasteiger partial charge on any atom is 0.123 e. The van der Waals surface area contributed by atoms with E-state index in [1.807, 2.05) is 24.3 Å². The zero-order valence-corrected chi connectivity index (χ0v) is 11.4. The fourth-order valence-corrected chi connectivity index (χ4v) is 2.68. The summed E-state index contributed by atoms with van der Waals surface area (Å²) >= 11 is 1.80. The predicted octanol–water partition coefficient (Wildman–Crippen LogP) is 3.42. The lowest BCUT2D eigenvalue weighted by atomic mass is 10.1. The number of aryl methyl sites for hydroxylation is 1. The molecule has 0 atom stereocenters. The molecule has 1 N–H and O–H groups in total. The van der Waals surface area contributed by atoms with Crippen molar-refractivity contribution in [2.45, 2.75) is 26.4 Å². The summed E-state index contributed by atoms with van der Waals surface area (Å²) in [5, 5.41) is 9.01. The highest BCUT2D eigenvalue weighted by atomic mass is 32.1. The van der Waals surface area contributed by atoms with E-state index in [1.54, 1.807) is 11.3 Å². The molecule has 1 heterocycles. The number of hydrogen-bond donors (Lipinski definition) is 1. The molecule has 96 valence electrons. The van der Waals surface area contributed by atoms with Crippen LogP contribution in [0.3, 0.4) is 0 Å². The molecule has 1 aromatic heterocycles. The van der Waals surface area contributed by atoms with E-state index >= 15 is 0 Å². The number of aliphatic hydroxyl groups is 1. The van der Waals surface area contributed by atoms with Crippen LogP contribution in [-0.2, 0) is 19.4 Å². The van der Waals surface area contributed by atoms with E-state index in [1.165, 1.54) is 9.75 Å². The fourth-order valence-electron chi connectivity index (χ4n) is 1.81. The van der Waals surface area contributed by atoms with E-state index in [2.05, 4.69) is 19.1 Å². The Hall–Kier alpha value is -1.32. The van der Waals surface area contributed by atoms with Gasteiger partial charge in [-0.3, -0.25) is 0 Å². The minimum atomic E-state index is 0.152. The molecular weight excluding hydrogens is 244 g/mol. The fraction of sp³-hybridized carbons (Fsp3) is 0.333. The van der Waals surface area contributed by atoms with Crippen molar-refractivity contribution in [3.05, 3.63) is 51.7 Å². The highest BCUT2D eigenvalue weighted by molar-refractivity contribution is 7.11. The molecule has 0 amide bonds. The third kappa shape index (κ3) is 3.34. The summed E-state index contributed by atoms with van der Waals surface area (Å²) in [5.41, 5.74) is 1.06. The van der Waals surface area contributed by atoms with E-state index in [0.717, 1.165) is 17.7 Å². The lowest BCUT2D eigenvalue weighted by Crippen LogP contribution is -1.98. The van der Waals surface area contributed by atoms with Gasteiger partial charge in [-0.25, -0.2) is 0 Å². The van der Waals surface area contributed by atoms with Gasteiger partial charge in [-0.15, -0.1) is 11.3 Å². The molecule has 0 radical (unpaired) electrons. The Morgan fingerprint density at radius 3 is 2.61 bits per heavy atom. The summed E-state index contributed by atoms with van der Waals surface area (Å²) in [6.07, 6.45) is 1.71. The molecule has 0 aliphatic heterocycles. The van der Waals surface area contributed by atoms with Gasteiger partial charge in [0.2, 0.25) is 0 Å². The first-order valence-corrected chi connectivity index (χ1v) is 7.04. The van der Waals surface area contributed by atoms with Crippen LogP contribution in [0.25, 0.3) is 0 Å². The van der Waals surface area contributed by atoms with Crippen molar-refractivity contribution in [1.82, 2.24) is 0 Å². The van der Waals surface area contributed by atoms with Gasteiger partial charge in [0.25, 0.3) is 0 Å². The van der Waals surface area contributed by atoms with Gasteiger partial charge >= 0.3 is 0 Å². The number of rotatable bonds is 6. The molecule has 1 aromatic carbocycles. The molecule has 0 fully saturated rings. The van der Waals surface area contributed by atoms with Crippen LogP contribution in [-0.4, -0.2) is 11.7 Å². The Bertz CT molecular complexity index is 491. The van der Waals surface area contributed by atoms with Crippen LogP contribution >= 0.6 is 11.3 Å². The summed E-state index contributed by atoms with van der Waals surface area (Å²) in [7, 11) is 0. The minimum absolute atomic E-state index is 0.152. The molecule has 0 bridgehead atoms. The third-order valence-corrected chi connectivity index (χ3v) is 3.99. The molecule has 0 aliphatic carbocycles. The zero-order chi connectivity index (χ0) is 12.8. The second-order valence-electron chi connectivity index (χ2n) is 4.09. The summed E-state index contributed by atoms with van der Waals surface area (Å²) in [4.78, 5) is 2.63. The van der Waals surface area contributed by atoms with Gasteiger partial charge in [0.15, 0.2) is 0 Å². The van der Waals surface area contributed by atoms with Crippen LogP contribution in [0.15, 0.2) is 36.4 Å². The van der Waals surface area contributed by atoms with Gasteiger partial charge in [0.05, 0.1) is 0 Å². The SMILES string of the molecule is CCc1ccc(COc2ccccc2CCO)s1. The Kier molecular flexibility index (Phi) is 4.79. The molecule has 0 spiro atoms. The van der Waals surface area contributed by atoms with Crippen LogP contribution < -0.4 is 4.74 Å². The van der Waals surface area contributed by atoms with E-state index in [-0.39, 0.29) is 6.61 Å².